The average Bonchev–Trinajstić information content (AvgIpc) is 2.20. The van der Waals surface area contributed by atoms with E-state index >= 15 is 0 Å². The van der Waals surface area contributed by atoms with E-state index in [4.69, 9.17) is 16.7 Å². The van der Waals surface area contributed by atoms with E-state index in [-0.39, 0.29) is 10.6 Å². The molecule has 0 heterocycles. The first-order valence-electron chi connectivity index (χ1n) is 4.80. The third-order valence-electron chi connectivity index (χ3n) is 2.30. The highest BCUT2D eigenvalue weighted by atomic mass is 35.5. The fraction of sp³-hybridized carbons (Fsp3) is 0.364. The van der Waals surface area contributed by atoms with Crippen LogP contribution >= 0.6 is 11.6 Å². The molecule has 0 atom stereocenters. The van der Waals surface area contributed by atoms with Gasteiger partial charge in [0.25, 0.3) is 5.92 Å². The Morgan fingerprint density at radius 2 is 2.06 bits per heavy atom. The highest BCUT2D eigenvalue weighted by Gasteiger charge is 2.34. The fourth-order valence-electron chi connectivity index (χ4n) is 1.33. The van der Waals surface area contributed by atoms with Crippen LogP contribution in [-0.2, 0) is 10.7 Å². The van der Waals surface area contributed by atoms with E-state index in [2.05, 4.69) is 0 Å². The molecule has 1 aromatic rings. The molecule has 0 radical (unpaired) electrons. The lowest BCUT2D eigenvalue weighted by molar-refractivity contribution is -0.139. The molecular weight excluding hydrogens is 257 g/mol. The second-order valence-corrected chi connectivity index (χ2v) is 4.09. The molecule has 0 saturated carbocycles. The number of carbonyl (C=O) groups is 1. The van der Waals surface area contributed by atoms with Gasteiger partial charge in [0, 0.05) is 12.0 Å². The largest absolute Gasteiger partial charge is 0.481 e. The summed E-state index contributed by atoms with van der Waals surface area (Å²) in [5, 5.41) is 8.09. The molecule has 17 heavy (non-hydrogen) atoms. The van der Waals surface area contributed by atoms with E-state index in [1.165, 1.54) is 6.92 Å². The Balaban J connectivity index is 3.05. The number of benzene rings is 1. The van der Waals surface area contributed by atoms with Gasteiger partial charge in [-0.05, 0) is 24.6 Å². The van der Waals surface area contributed by atoms with Crippen LogP contribution in [0, 0.1) is 12.7 Å². The van der Waals surface area contributed by atoms with Crippen LogP contribution in [0.5, 0.6) is 0 Å². The van der Waals surface area contributed by atoms with E-state index < -0.39 is 36.1 Å². The molecule has 0 aliphatic carbocycles. The zero-order valence-electron chi connectivity index (χ0n) is 8.94. The van der Waals surface area contributed by atoms with Gasteiger partial charge in [-0.3, -0.25) is 4.79 Å². The van der Waals surface area contributed by atoms with Crippen LogP contribution in [0.1, 0.15) is 24.0 Å². The first-order valence-corrected chi connectivity index (χ1v) is 5.17. The molecule has 6 heteroatoms. The maximum Gasteiger partial charge on any atom is 0.303 e. The third-order valence-corrected chi connectivity index (χ3v) is 2.61. The normalized spacial score (nSPS) is 11.6. The molecule has 1 rings (SSSR count). The van der Waals surface area contributed by atoms with Gasteiger partial charge in [-0.1, -0.05) is 11.6 Å². The van der Waals surface area contributed by atoms with Crippen LogP contribution in [0.2, 0.25) is 5.02 Å². The van der Waals surface area contributed by atoms with Crippen LogP contribution in [0.15, 0.2) is 12.1 Å². The zero-order valence-corrected chi connectivity index (χ0v) is 9.69. The van der Waals surface area contributed by atoms with Crippen molar-refractivity contribution in [2.24, 2.45) is 0 Å². The Morgan fingerprint density at radius 1 is 1.47 bits per heavy atom. The number of halogens is 4. The first-order chi connectivity index (χ1) is 7.74. The van der Waals surface area contributed by atoms with Crippen molar-refractivity contribution in [3.8, 4) is 0 Å². The lowest BCUT2D eigenvalue weighted by Crippen LogP contribution is -2.16. The number of hydrogen-bond acceptors (Lipinski definition) is 1. The van der Waals surface area contributed by atoms with E-state index in [0.29, 0.717) is 6.07 Å². The predicted molar refractivity (Wildman–Crippen MR) is 56.9 cm³/mol. The van der Waals surface area contributed by atoms with Gasteiger partial charge in [0.2, 0.25) is 0 Å². The van der Waals surface area contributed by atoms with Crippen LogP contribution < -0.4 is 0 Å². The summed E-state index contributed by atoms with van der Waals surface area (Å²) in [6.45, 7) is 1.40. The topological polar surface area (TPSA) is 37.3 Å². The molecule has 0 spiro atoms. The average molecular weight is 267 g/mol. The minimum absolute atomic E-state index is 0.160. The molecule has 0 bridgehead atoms. The van der Waals surface area contributed by atoms with Crippen molar-refractivity contribution in [1.29, 1.82) is 0 Å². The van der Waals surface area contributed by atoms with Crippen LogP contribution in [0.25, 0.3) is 0 Å². The summed E-state index contributed by atoms with van der Waals surface area (Å²) in [7, 11) is 0. The van der Waals surface area contributed by atoms with Gasteiger partial charge in [0.1, 0.15) is 5.82 Å². The maximum atomic E-state index is 13.6. The summed E-state index contributed by atoms with van der Waals surface area (Å²) in [5.74, 6) is -5.59. The van der Waals surface area contributed by atoms with Gasteiger partial charge >= 0.3 is 5.97 Å². The van der Waals surface area contributed by atoms with Gasteiger partial charge in [-0.25, -0.2) is 13.2 Å². The van der Waals surface area contributed by atoms with Gasteiger partial charge in [-0.2, -0.15) is 0 Å². The second-order valence-electron chi connectivity index (χ2n) is 3.68. The minimum Gasteiger partial charge on any atom is -0.481 e. The van der Waals surface area contributed by atoms with Crippen molar-refractivity contribution in [2.75, 3.05) is 0 Å². The second kappa shape index (κ2) is 4.96. The first kappa shape index (κ1) is 13.8. The monoisotopic (exact) mass is 266 g/mol. The summed E-state index contributed by atoms with van der Waals surface area (Å²) < 4.78 is 40.3. The van der Waals surface area contributed by atoms with Crippen LogP contribution in [0.4, 0.5) is 13.2 Å². The van der Waals surface area contributed by atoms with Crippen LogP contribution in [-0.4, -0.2) is 11.1 Å². The highest BCUT2D eigenvalue weighted by molar-refractivity contribution is 6.31. The van der Waals surface area contributed by atoms with E-state index in [1.807, 2.05) is 0 Å². The van der Waals surface area contributed by atoms with Crippen molar-refractivity contribution in [3.05, 3.63) is 34.1 Å². The molecular formula is C11H10ClF3O2. The summed E-state index contributed by atoms with van der Waals surface area (Å²) in [6, 6.07) is 1.75. The van der Waals surface area contributed by atoms with Crippen molar-refractivity contribution in [2.45, 2.75) is 25.7 Å². The SMILES string of the molecule is Cc1cc(Cl)c(C(F)(F)CCC(=O)O)cc1F. The molecule has 1 aromatic carbocycles. The number of rotatable bonds is 4. The molecule has 0 unspecified atom stereocenters. The fourth-order valence-corrected chi connectivity index (χ4v) is 1.68. The van der Waals surface area contributed by atoms with Gasteiger partial charge in [0.15, 0.2) is 0 Å². The number of alkyl halides is 2. The van der Waals surface area contributed by atoms with Gasteiger partial charge in [-0.15, -0.1) is 0 Å². The van der Waals surface area contributed by atoms with Crippen molar-refractivity contribution >= 4 is 17.6 Å². The number of carboxylic acids is 1. The Labute approximate surface area is 101 Å². The van der Waals surface area contributed by atoms with Crippen LogP contribution in [0.3, 0.4) is 0 Å². The molecule has 0 aromatic heterocycles. The Morgan fingerprint density at radius 3 is 2.59 bits per heavy atom. The van der Waals surface area contributed by atoms with E-state index in [1.54, 1.807) is 0 Å². The number of aryl methyl sites for hydroxylation is 1. The predicted octanol–water partition coefficient (Wildman–Crippen LogP) is 3.74. The lowest BCUT2D eigenvalue weighted by atomic mass is 10.0. The van der Waals surface area contributed by atoms with Gasteiger partial charge < -0.3 is 5.11 Å². The summed E-state index contributed by atoms with van der Waals surface area (Å²) in [6.07, 6.45) is -1.62. The lowest BCUT2D eigenvalue weighted by Gasteiger charge is -2.17. The summed E-state index contributed by atoms with van der Waals surface area (Å²) in [4.78, 5) is 10.2. The number of hydrogen-bond donors (Lipinski definition) is 1. The Hall–Kier alpha value is -1.23. The van der Waals surface area contributed by atoms with E-state index in [9.17, 15) is 18.0 Å². The smallest absolute Gasteiger partial charge is 0.303 e. The van der Waals surface area contributed by atoms with Crippen molar-refractivity contribution in [1.82, 2.24) is 0 Å². The summed E-state index contributed by atoms with van der Waals surface area (Å²) >= 11 is 5.61. The standard InChI is InChI=1S/C11H10ClF3O2/c1-6-4-8(12)7(5-9(6)13)11(14,15)3-2-10(16)17/h4-5H,2-3H2,1H3,(H,16,17). The molecule has 0 amide bonds. The number of carboxylic acid groups (broad SMARTS) is 1. The number of aliphatic carboxylic acids is 1. The quantitative estimate of drug-likeness (QED) is 0.901. The molecule has 1 N–H and O–H groups in total. The molecule has 0 fully saturated rings. The minimum atomic E-state index is -3.45. The Bertz CT molecular complexity index is 447. The van der Waals surface area contributed by atoms with Crippen molar-refractivity contribution < 1.29 is 23.1 Å². The van der Waals surface area contributed by atoms with E-state index in [0.717, 1.165) is 6.07 Å². The Kier molecular flexibility index (Phi) is 4.03. The summed E-state index contributed by atoms with van der Waals surface area (Å²) in [5.41, 5.74) is -0.517. The molecule has 0 saturated heterocycles. The van der Waals surface area contributed by atoms with Crippen molar-refractivity contribution in [3.63, 3.8) is 0 Å². The molecule has 0 aliphatic heterocycles. The highest BCUT2D eigenvalue weighted by Crippen LogP contribution is 2.38. The molecule has 2 nitrogen and oxygen atoms in total. The van der Waals surface area contributed by atoms with Gasteiger partial charge in [0.05, 0.1) is 11.4 Å². The molecule has 94 valence electrons. The third kappa shape index (κ3) is 3.36. The molecule has 0 aliphatic rings. The maximum absolute atomic E-state index is 13.6. The zero-order chi connectivity index (χ0) is 13.2.